The first-order valence-corrected chi connectivity index (χ1v) is 8.41. The van der Waals surface area contributed by atoms with Crippen LogP contribution in [0, 0.1) is 13.8 Å². The third-order valence-electron chi connectivity index (χ3n) is 3.57. The van der Waals surface area contributed by atoms with Crippen molar-refractivity contribution in [3.63, 3.8) is 0 Å². The van der Waals surface area contributed by atoms with Gasteiger partial charge in [0, 0.05) is 31.4 Å². The molecule has 1 N–H and O–H groups in total. The molecule has 7 nitrogen and oxygen atoms in total. The van der Waals surface area contributed by atoms with Gasteiger partial charge >= 0.3 is 0 Å². The zero-order valence-corrected chi connectivity index (χ0v) is 12.9. The Hall–Kier alpha value is -1.67. The second-order valence-corrected chi connectivity index (χ2v) is 7.01. The Bertz CT molecular complexity index is 724. The summed E-state index contributed by atoms with van der Waals surface area (Å²) >= 11 is 0. The molecule has 114 valence electrons. The van der Waals surface area contributed by atoms with Crippen LogP contribution in [0.15, 0.2) is 21.8 Å². The normalized spacial score (nSPS) is 15.5. The zero-order valence-electron chi connectivity index (χ0n) is 12.0. The summed E-state index contributed by atoms with van der Waals surface area (Å²) in [5.74, 6) is 1.90. The highest BCUT2D eigenvalue weighted by molar-refractivity contribution is 7.89. The molecule has 1 saturated carbocycles. The van der Waals surface area contributed by atoms with Gasteiger partial charge in [-0.25, -0.2) is 18.1 Å². The SMILES string of the molecule is Cc1noc(C)c1S(=O)(=O)NCCn1ccnc1C1CC1. The molecule has 1 aliphatic rings. The highest BCUT2D eigenvalue weighted by Crippen LogP contribution is 2.38. The van der Waals surface area contributed by atoms with E-state index in [0.29, 0.717) is 30.5 Å². The van der Waals surface area contributed by atoms with E-state index in [9.17, 15) is 8.42 Å². The predicted molar refractivity (Wildman–Crippen MR) is 75.4 cm³/mol. The van der Waals surface area contributed by atoms with Crippen LogP contribution in [-0.2, 0) is 16.6 Å². The van der Waals surface area contributed by atoms with Crippen molar-refractivity contribution in [2.24, 2.45) is 0 Å². The number of nitrogens with zero attached hydrogens (tertiary/aromatic N) is 3. The smallest absolute Gasteiger partial charge is 0.246 e. The zero-order chi connectivity index (χ0) is 15.0. The van der Waals surface area contributed by atoms with E-state index in [4.69, 9.17) is 4.52 Å². The highest BCUT2D eigenvalue weighted by atomic mass is 32.2. The lowest BCUT2D eigenvalue weighted by molar-refractivity contribution is 0.390. The molecule has 2 heterocycles. The maximum Gasteiger partial charge on any atom is 0.246 e. The molecule has 8 heteroatoms. The Labute approximate surface area is 123 Å². The average Bonchev–Trinajstić information content (AvgIpc) is 3.06. The van der Waals surface area contributed by atoms with Gasteiger partial charge in [0.15, 0.2) is 5.76 Å². The third-order valence-corrected chi connectivity index (χ3v) is 5.28. The summed E-state index contributed by atoms with van der Waals surface area (Å²) in [5.41, 5.74) is 0.376. The van der Waals surface area contributed by atoms with Gasteiger partial charge in [0.05, 0.1) is 0 Å². The lowest BCUT2D eigenvalue weighted by Gasteiger charge is -2.09. The maximum atomic E-state index is 12.3. The number of hydrogen-bond donors (Lipinski definition) is 1. The molecule has 2 aromatic heterocycles. The topological polar surface area (TPSA) is 90.0 Å². The van der Waals surface area contributed by atoms with Crippen molar-refractivity contribution < 1.29 is 12.9 Å². The number of rotatable bonds is 6. The summed E-state index contributed by atoms with van der Waals surface area (Å²) < 4.78 is 34.0. The van der Waals surface area contributed by atoms with Crippen LogP contribution in [0.3, 0.4) is 0 Å². The van der Waals surface area contributed by atoms with E-state index in [0.717, 1.165) is 5.82 Å². The quantitative estimate of drug-likeness (QED) is 0.869. The van der Waals surface area contributed by atoms with Crippen LogP contribution in [0.2, 0.25) is 0 Å². The minimum atomic E-state index is -3.59. The Kier molecular flexibility index (Phi) is 3.58. The third kappa shape index (κ3) is 2.86. The van der Waals surface area contributed by atoms with Crippen molar-refractivity contribution in [2.45, 2.75) is 44.0 Å². The van der Waals surface area contributed by atoms with Crippen molar-refractivity contribution in [1.29, 1.82) is 0 Å². The molecule has 0 aromatic carbocycles. The van der Waals surface area contributed by atoms with Gasteiger partial charge < -0.3 is 9.09 Å². The summed E-state index contributed by atoms with van der Waals surface area (Å²) in [6, 6.07) is 0. The maximum absolute atomic E-state index is 12.3. The summed E-state index contributed by atoms with van der Waals surface area (Å²) in [6.45, 7) is 4.08. The molecular weight excluding hydrogens is 292 g/mol. The van der Waals surface area contributed by atoms with Gasteiger partial charge in [-0.3, -0.25) is 0 Å². The van der Waals surface area contributed by atoms with Crippen LogP contribution < -0.4 is 4.72 Å². The number of sulfonamides is 1. The molecule has 1 fully saturated rings. The molecule has 0 unspecified atom stereocenters. The van der Waals surface area contributed by atoms with Crippen LogP contribution in [0.4, 0.5) is 0 Å². The van der Waals surface area contributed by atoms with E-state index in [1.807, 2.05) is 10.8 Å². The molecule has 21 heavy (non-hydrogen) atoms. The van der Waals surface area contributed by atoms with Crippen LogP contribution >= 0.6 is 0 Å². The van der Waals surface area contributed by atoms with Crippen molar-refractivity contribution in [3.05, 3.63) is 29.7 Å². The van der Waals surface area contributed by atoms with Crippen molar-refractivity contribution in [1.82, 2.24) is 19.4 Å². The number of aromatic nitrogens is 3. The van der Waals surface area contributed by atoms with E-state index in [2.05, 4.69) is 14.9 Å². The van der Waals surface area contributed by atoms with Gasteiger partial charge in [0.1, 0.15) is 16.4 Å². The van der Waals surface area contributed by atoms with E-state index in [-0.39, 0.29) is 4.90 Å². The lowest BCUT2D eigenvalue weighted by Crippen LogP contribution is -2.28. The fraction of sp³-hybridized carbons (Fsp3) is 0.538. The van der Waals surface area contributed by atoms with Crippen molar-refractivity contribution >= 4 is 10.0 Å². The van der Waals surface area contributed by atoms with Crippen molar-refractivity contribution in [2.75, 3.05) is 6.54 Å². The first kappa shape index (κ1) is 14.3. The van der Waals surface area contributed by atoms with Crippen LogP contribution in [0.25, 0.3) is 0 Å². The molecule has 0 spiro atoms. The Balaban J connectivity index is 1.66. The van der Waals surface area contributed by atoms with E-state index in [1.54, 1.807) is 20.0 Å². The van der Waals surface area contributed by atoms with Gasteiger partial charge in [-0.2, -0.15) is 0 Å². The molecule has 3 rings (SSSR count). The molecule has 0 atom stereocenters. The van der Waals surface area contributed by atoms with Gasteiger partial charge in [-0.15, -0.1) is 0 Å². The summed E-state index contributed by atoms with van der Waals surface area (Å²) in [6.07, 6.45) is 5.98. The largest absolute Gasteiger partial charge is 0.360 e. The molecule has 0 amide bonds. The average molecular weight is 310 g/mol. The van der Waals surface area contributed by atoms with Gasteiger partial charge in [0.2, 0.25) is 10.0 Å². The molecule has 1 aliphatic carbocycles. The van der Waals surface area contributed by atoms with Gasteiger partial charge in [-0.1, -0.05) is 5.16 Å². The van der Waals surface area contributed by atoms with E-state index < -0.39 is 10.0 Å². The Morgan fingerprint density at radius 1 is 1.43 bits per heavy atom. The number of nitrogens with one attached hydrogen (secondary N) is 1. The molecule has 0 aliphatic heterocycles. The van der Waals surface area contributed by atoms with E-state index in [1.165, 1.54) is 12.8 Å². The minimum absolute atomic E-state index is 0.135. The molecule has 0 saturated heterocycles. The summed E-state index contributed by atoms with van der Waals surface area (Å²) in [5, 5.41) is 3.68. The fourth-order valence-corrected chi connectivity index (χ4v) is 3.79. The number of aryl methyl sites for hydroxylation is 2. The van der Waals surface area contributed by atoms with Crippen LogP contribution in [0.1, 0.15) is 36.0 Å². The van der Waals surface area contributed by atoms with Gasteiger partial charge in [-0.05, 0) is 26.7 Å². The monoisotopic (exact) mass is 310 g/mol. The standard InChI is InChI=1S/C13H18N4O3S/c1-9-12(10(2)20-16-9)21(18,19)15-6-8-17-7-5-14-13(17)11-3-4-11/h5,7,11,15H,3-4,6,8H2,1-2H3. The van der Waals surface area contributed by atoms with Crippen LogP contribution in [0.5, 0.6) is 0 Å². The van der Waals surface area contributed by atoms with E-state index >= 15 is 0 Å². The summed E-state index contributed by atoms with van der Waals surface area (Å²) in [7, 11) is -3.59. The highest BCUT2D eigenvalue weighted by Gasteiger charge is 2.28. The molecule has 0 bridgehead atoms. The summed E-state index contributed by atoms with van der Waals surface area (Å²) in [4.78, 5) is 4.47. The molecular formula is C13H18N4O3S. The molecule has 2 aromatic rings. The fourth-order valence-electron chi connectivity index (χ4n) is 2.44. The number of hydrogen-bond acceptors (Lipinski definition) is 5. The minimum Gasteiger partial charge on any atom is -0.360 e. The van der Waals surface area contributed by atoms with Crippen LogP contribution in [-0.4, -0.2) is 29.7 Å². The number of imidazole rings is 1. The first-order chi connectivity index (χ1) is 9.99. The predicted octanol–water partition coefficient (Wildman–Crippen LogP) is 1.34. The Morgan fingerprint density at radius 2 is 2.19 bits per heavy atom. The lowest BCUT2D eigenvalue weighted by atomic mass is 10.4. The second kappa shape index (κ2) is 5.27. The van der Waals surface area contributed by atoms with Gasteiger partial charge in [0.25, 0.3) is 0 Å². The van der Waals surface area contributed by atoms with Crippen molar-refractivity contribution in [3.8, 4) is 0 Å². The molecule has 0 radical (unpaired) electrons. The first-order valence-electron chi connectivity index (χ1n) is 6.92. The Morgan fingerprint density at radius 3 is 2.81 bits per heavy atom. The second-order valence-electron chi connectivity index (χ2n) is 5.30.